The quantitative estimate of drug-likeness (QED) is 0.775. The molecule has 0 saturated heterocycles. The molecule has 3 nitrogen and oxygen atoms in total. The molecule has 0 aliphatic heterocycles. The molecule has 1 aromatic rings. The summed E-state index contributed by atoms with van der Waals surface area (Å²) in [4.78, 5) is 11.0. The van der Waals surface area contributed by atoms with Gasteiger partial charge >= 0.3 is 0 Å². The number of carbonyl (C=O) groups excluding carboxylic acids is 1. The molecule has 3 heteroatoms. The van der Waals surface area contributed by atoms with Crippen LogP contribution in [0.1, 0.15) is 30.5 Å². The van der Waals surface area contributed by atoms with Gasteiger partial charge in [0.15, 0.2) is 0 Å². The van der Waals surface area contributed by atoms with Crippen molar-refractivity contribution >= 4 is 5.91 Å². The first-order chi connectivity index (χ1) is 7.18. The number of hydrogen-bond donors (Lipinski definition) is 2. The third kappa shape index (κ3) is 2.02. The maximum Gasteiger partial charge on any atom is 0.234 e. The zero-order valence-electron chi connectivity index (χ0n) is 8.86. The van der Waals surface area contributed by atoms with E-state index in [0.29, 0.717) is 0 Å². The lowest BCUT2D eigenvalue weighted by Crippen LogP contribution is -2.40. The van der Waals surface area contributed by atoms with Gasteiger partial charge in [-0.25, -0.2) is 0 Å². The van der Waals surface area contributed by atoms with Crippen LogP contribution in [0.15, 0.2) is 24.3 Å². The molecule has 0 aromatic heterocycles. The predicted molar refractivity (Wildman–Crippen MR) is 59.3 cm³/mol. The number of fused-ring (bicyclic) bond motifs is 1. The van der Waals surface area contributed by atoms with Crippen molar-refractivity contribution < 1.29 is 4.79 Å². The van der Waals surface area contributed by atoms with E-state index in [4.69, 9.17) is 5.73 Å². The Morgan fingerprint density at radius 1 is 1.53 bits per heavy atom. The zero-order valence-corrected chi connectivity index (χ0v) is 8.86. The van der Waals surface area contributed by atoms with Crippen molar-refractivity contribution in [3.8, 4) is 0 Å². The van der Waals surface area contributed by atoms with Crippen molar-refractivity contribution in [1.82, 2.24) is 5.32 Å². The second kappa shape index (κ2) is 4.03. The zero-order chi connectivity index (χ0) is 10.8. The van der Waals surface area contributed by atoms with E-state index in [-0.39, 0.29) is 18.0 Å². The molecule has 0 spiro atoms. The molecule has 0 fully saturated rings. The summed E-state index contributed by atoms with van der Waals surface area (Å²) in [7, 11) is 0. The normalized spacial score (nSPS) is 21.0. The predicted octanol–water partition coefficient (Wildman–Crippen LogP) is 1.14. The van der Waals surface area contributed by atoms with Gasteiger partial charge in [-0.05, 0) is 30.9 Å². The van der Waals surface area contributed by atoms with Crippen molar-refractivity contribution in [1.29, 1.82) is 0 Å². The molecular weight excluding hydrogens is 188 g/mol. The largest absolute Gasteiger partial charge is 0.368 e. The molecule has 3 N–H and O–H groups in total. The Morgan fingerprint density at radius 3 is 3.00 bits per heavy atom. The molecule has 0 radical (unpaired) electrons. The van der Waals surface area contributed by atoms with E-state index in [1.54, 1.807) is 0 Å². The van der Waals surface area contributed by atoms with Crippen LogP contribution in [0.2, 0.25) is 0 Å². The van der Waals surface area contributed by atoms with E-state index in [1.165, 1.54) is 11.1 Å². The number of benzene rings is 1. The Kier molecular flexibility index (Phi) is 2.73. The van der Waals surface area contributed by atoms with E-state index < -0.39 is 0 Å². The van der Waals surface area contributed by atoms with Gasteiger partial charge in [0.1, 0.15) is 0 Å². The number of aryl methyl sites for hydroxylation is 1. The Bertz CT molecular complexity index is 376. The highest BCUT2D eigenvalue weighted by atomic mass is 16.1. The summed E-state index contributed by atoms with van der Waals surface area (Å²) in [5, 5.41) is 3.26. The number of rotatable bonds is 3. The smallest absolute Gasteiger partial charge is 0.234 e. The standard InChI is InChI=1S/C12H16N2O/c1-8(12(13)15)14-11-7-6-9-4-2-3-5-10(9)11/h2-5,8,11,14H,6-7H2,1H3,(H2,13,15). The lowest BCUT2D eigenvalue weighted by Gasteiger charge is -2.17. The number of nitrogens with one attached hydrogen (secondary N) is 1. The van der Waals surface area contributed by atoms with Crippen LogP contribution < -0.4 is 11.1 Å². The molecule has 1 aliphatic carbocycles. The minimum absolute atomic E-state index is 0.263. The summed E-state index contributed by atoms with van der Waals surface area (Å²) < 4.78 is 0. The van der Waals surface area contributed by atoms with Gasteiger partial charge in [0.2, 0.25) is 5.91 Å². The van der Waals surface area contributed by atoms with Gasteiger partial charge in [-0.1, -0.05) is 24.3 Å². The van der Waals surface area contributed by atoms with Crippen LogP contribution in [0.5, 0.6) is 0 Å². The Hall–Kier alpha value is -1.35. The minimum atomic E-state index is -0.292. The monoisotopic (exact) mass is 204 g/mol. The Labute approximate surface area is 89.7 Å². The molecular formula is C12H16N2O. The fourth-order valence-corrected chi connectivity index (χ4v) is 2.11. The molecule has 2 unspecified atom stereocenters. The molecule has 1 amide bonds. The fourth-order valence-electron chi connectivity index (χ4n) is 2.11. The Balaban J connectivity index is 2.11. The molecule has 1 aliphatic rings. The van der Waals surface area contributed by atoms with Crippen LogP contribution in [0.4, 0.5) is 0 Å². The topological polar surface area (TPSA) is 55.1 Å². The van der Waals surface area contributed by atoms with Crippen LogP contribution in [0, 0.1) is 0 Å². The average Bonchev–Trinajstić information content (AvgIpc) is 2.62. The Morgan fingerprint density at radius 2 is 2.27 bits per heavy atom. The SMILES string of the molecule is CC(NC1CCc2ccccc21)C(N)=O. The van der Waals surface area contributed by atoms with E-state index in [2.05, 4.69) is 23.5 Å². The van der Waals surface area contributed by atoms with Gasteiger partial charge in [0, 0.05) is 6.04 Å². The number of primary amides is 1. The van der Waals surface area contributed by atoms with Crippen LogP contribution in [0.25, 0.3) is 0 Å². The van der Waals surface area contributed by atoms with Crippen molar-refractivity contribution in [2.75, 3.05) is 0 Å². The summed E-state index contributed by atoms with van der Waals surface area (Å²) in [6.07, 6.45) is 2.14. The molecule has 2 rings (SSSR count). The summed E-state index contributed by atoms with van der Waals surface area (Å²) >= 11 is 0. The van der Waals surface area contributed by atoms with Crippen LogP contribution >= 0.6 is 0 Å². The fraction of sp³-hybridized carbons (Fsp3) is 0.417. The maximum atomic E-state index is 11.0. The van der Waals surface area contributed by atoms with Gasteiger partial charge < -0.3 is 5.73 Å². The summed E-state index contributed by atoms with van der Waals surface area (Å²) in [5.74, 6) is -0.292. The summed E-state index contributed by atoms with van der Waals surface area (Å²) in [5.41, 5.74) is 7.92. The van der Waals surface area contributed by atoms with E-state index >= 15 is 0 Å². The van der Waals surface area contributed by atoms with Crippen LogP contribution in [-0.4, -0.2) is 11.9 Å². The lowest BCUT2D eigenvalue weighted by atomic mass is 10.1. The molecule has 80 valence electrons. The number of amides is 1. The van der Waals surface area contributed by atoms with Crippen molar-refractivity contribution in [2.24, 2.45) is 5.73 Å². The van der Waals surface area contributed by atoms with Crippen molar-refractivity contribution in [2.45, 2.75) is 31.8 Å². The first kappa shape index (κ1) is 10.2. The molecule has 1 aromatic carbocycles. The molecule has 0 heterocycles. The van der Waals surface area contributed by atoms with Crippen LogP contribution in [-0.2, 0) is 11.2 Å². The summed E-state index contributed by atoms with van der Waals surface area (Å²) in [6, 6.07) is 8.37. The first-order valence-electron chi connectivity index (χ1n) is 5.31. The number of nitrogens with two attached hydrogens (primary N) is 1. The van der Waals surface area contributed by atoms with E-state index in [1.807, 2.05) is 13.0 Å². The number of hydrogen-bond acceptors (Lipinski definition) is 2. The second-order valence-electron chi connectivity index (χ2n) is 4.08. The maximum absolute atomic E-state index is 11.0. The van der Waals surface area contributed by atoms with Gasteiger partial charge in [0.05, 0.1) is 6.04 Å². The van der Waals surface area contributed by atoms with Crippen LogP contribution in [0.3, 0.4) is 0 Å². The van der Waals surface area contributed by atoms with E-state index in [9.17, 15) is 4.79 Å². The molecule has 15 heavy (non-hydrogen) atoms. The highest BCUT2D eigenvalue weighted by molar-refractivity contribution is 5.79. The van der Waals surface area contributed by atoms with Gasteiger partial charge in [0.25, 0.3) is 0 Å². The highest BCUT2D eigenvalue weighted by Crippen LogP contribution is 2.30. The minimum Gasteiger partial charge on any atom is -0.368 e. The van der Waals surface area contributed by atoms with E-state index in [0.717, 1.165) is 12.8 Å². The third-order valence-electron chi connectivity index (χ3n) is 3.01. The van der Waals surface area contributed by atoms with Crippen molar-refractivity contribution in [3.63, 3.8) is 0 Å². The van der Waals surface area contributed by atoms with Gasteiger partial charge in [-0.3, -0.25) is 10.1 Å². The molecule has 0 bridgehead atoms. The lowest BCUT2D eigenvalue weighted by molar-refractivity contribution is -0.119. The molecule has 2 atom stereocenters. The second-order valence-corrected chi connectivity index (χ2v) is 4.08. The molecule has 0 saturated carbocycles. The third-order valence-corrected chi connectivity index (χ3v) is 3.01. The summed E-state index contributed by atoms with van der Waals surface area (Å²) in [6.45, 7) is 1.81. The first-order valence-corrected chi connectivity index (χ1v) is 5.31. The van der Waals surface area contributed by atoms with Crippen molar-refractivity contribution in [3.05, 3.63) is 35.4 Å². The average molecular weight is 204 g/mol. The highest BCUT2D eigenvalue weighted by Gasteiger charge is 2.24. The van der Waals surface area contributed by atoms with Gasteiger partial charge in [-0.2, -0.15) is 0 Å². The number of carbonyl (C=O) groups is 1. The van der Waals surface area contributed by atoms with Gasteiger partial charge in [-0.15, -0.1) is 0 Å².